The number of thiophene rings is 1. The van der Waals surface area contributed by atoms with E-state index >= 15 is 0 Å². The normalized spacial score (nSPS) is 11.3. The van der Waals surface area contributed by atoms with Gasteiger partial charge in [-0.1, -0.05) is 30.3 Å². The maximum Gasteiger partial charge on any atom is 0.147 e. The highest BCUT2D eigenvalue weighted by atomic mass is 32.1. The second-order valence-electron chi connectivity index (χ2n) is 6.59. The third-order valence-electron chi connectivity index (χ3n) is 4.80. The molecular formula is C22H17FN4S. The summed E-state index contributed by atoms with van der Waals surface area (Å²) < 4.78 is 14.2. The van der Waals surface area contributed by atoms with Gasteiger partial charge in [-0.2, -0.15) is 0 Å². The number of nitrogens with zero attached hydrogens (tertiary/aromatic N) is 2. The summed E-state index contributed by atoms with van der Waals surface area (Å²) in [6.45, 7) is 0.776. The van der Waals surface area contributed by atoms with Gasteiger partial charge >= 0.3 is 0 Å². The lowest BCUT2D eigenvalue weighted by Crippen LogP contribution is -2.06. The van der Waals surface area contributed by atoms with Gasteiger partial charge in [-0.25, -0.2) is 14.4 Å². The molecule has 0 aliphatic carbocycles. The van der Waals surface area contributed by atoms with Gasteiger partial charge in [0.05, 0.1) is 10.2 Å². The number of anilines is 1. The largest absolute Gasteiger partial charge is 0.368 e. The quantitative estimate of drug-likeness (QED) is 0.410. The highest BCUT2D eigenvalue weighted by molar-refractivity contribution is 7.22. The van der Waals surface area contributed by atoms with Gasteiger partial charge in [0.1, 0.15) is 18.0 Å². The van der Waals surface area contributed by atoms with Crippen LogP contribution in [-0.2, 0) is 6.42 Å². The van der Waals surface area contributed by atoms with E-state index in [1.807, 2.05) is 12.1 Å². The number of rotatable bonds is 5. The van der Waals surface area contributed by atoms with Crippen molar-refractivity contribution in [1.29, 1.82) is 0 Å². The van der Waals surface area contributed by atoms with Gasteiger partial charge in [0.2, 0.25) is 0 Å². The molecule has 0 atom stereocenters. The average molecular weight is 388 g/mol. The lowest BCUT2D eigenvalue weighted by atomic mass is 10.1. The molecule has 28 heavy (non-hydrogen) atoms. The first-order valence-corrected chi connectivity index (χ1v) is 9.89. The third-order valence-corrected chi connectivity index (χ3v) is 5.98. The zero-order valence-electron chi connectivity index (χ0n) is 14.9. The Labute approximate surface area is 165 Å². The standard InChI is InChI=1S/C22H17FN4S/c23-16-7-5-14(6-8-16)20-11-19-21(28-20)22(27-13-26-19)24-10-9-15-12-25-18-4-2-1-3-17(15)18/h1-8,11-13,25H,9-10H2,(H,24,26,27). The van der Waals surface area contributed by atoms with E-state index in [0.29, 0.717) is 0 Å². The second kappa shape index (κ2) is 7.05. The number of halogens is 1. The Balaban J connectivity index is 1.37. The molecular weight excluding hydrogens is 371 g/mol. The number of para-hydroxylation sites is 1. The van der Waals surface area contributed by atoms with E-state index in [1.54, 1.807) is 29.8 Å². The van der Waals surface area contributed by atoms with Crippen molar-refractivity contribution < 1.29 is 4.39 Å². The summed E-state index contributed by atoms with van der Waals surface area (Å²) in [5.74, 6) is 0.604. The smallest absolute Gasteiger partial charge is 0.147 e. The minimum absolute atomic E-state index is 0.232. The van der Waals surface area contributed by atoms with E-state index in [9.17, 15) is 4.39 Å². The first-order chi connectivity index (χ1) is 13.8. The fourth-order valence-electron chi connectivity index (χ4n) is 3.39. The summed E-state index contributed by atoms with van der Waals surface area (Å²) >= 11 is 1.62. The maximum absolute atomic E-state index is 13.2. The van der Waals surface area contributed by atoms with Crippen molar-refractivity contribution in [2.75, 3.05) is 11.9 Å². The molecule has 0 bridgehead atoms. The van der Waals surface area contributed by atoms with E-state index in [2.05, 4.69) is 44.7 Å². The minimum Gasteiger partial charge on any atom is -0.368 e. The maximum atomic E-state index is 13.2. The zero-order chi connectivity index (χ0) is 18.9. The van der Waals surface area contributed by atoms with Crippen LogP contribution in [0.5, 0.6) is 0 Å². The summed E-state index contributed by atoms with van der Waals surface area (Å²) in [6.07, 6.45) is 4.54. The number of hydrogen-bond donors (Lipinski definition) is 2. The van der Waals surface area contributed by atoms with E-state index < -0.39 is 0 Å². The molecule has 2 aromatic carbocycles. The lowest BCUT2D eigenvalue weighted by molar-refractivity contribution is 0.628. The number of fused-ring (bicyclic) bond motifs is 2. The third kappa shape index (κ3) is 3.12. The Bertz CT molecular complexity index is 1260. The molecule has 0 saturated carbocycles. The molecule has 3 heterocycles. The van der Waals surface area contributed by atoms with Gasteiger partial charge in [-0.05, 0) is 41.8 Å². The number of nitrogens with one attached hydrogen (secondary N) is 2. The van der Waals surface area contributed by atoms with Crippen molar-refractivity contribution in [3.8, 4) is 10.4 Å². The molecule has 138 valence electrons. The molecule has 3 aromatic heterocycles. The van der Waals surface area contributed by atoms with Crippen LogP contribution in [0.15, 0.2) is 67.1 Å². The van der Waals surface area contributed by atoms with Crippen molar-refractivity contribution in [1.82, 2.24) is 15.0 Å². The van der Waals surface area contributed by atoms with E-state index in [0.717, 1.165) is 45.0 Å². The molecule has 0 amide bonds. The SMILES string of the molecule is Fc1ccc(-c2cc3ncnc(NCCc4c[nH]c5ccccc45)c3s2)cc1. The van der Waals surface area contributed by atoms with Crippen LogP contribution in [0, 0.1) is 5.82 Å². The minimum atomic E-state index is -0.232. The fraction of sp³-hybridized carbons (Fsp3) is 0.0909. The molecule has 0 fully saturated rings. The molecule has 5 aromatic rings. The van der Waals surface area contributed by atoms with Crippen molar-refractivity contribution >= 4 is 38.3 Å². The van der Waals surface area contributed by atoms with Gasteiger partial charge in [0.15, 0.2) is 0 Å². The molecule has 2 N–H and O–H groups in total. The van der Waals surface area contributed by atoms with Gasteiger partial charge < -0.3 is 10.3 Å². The van der Waals surface area contributed by atoms with Crippen LogP contribution in [0.3, 0.4) is 0 Å². The molecule has 0 radical (unpaired) electrons. The van der Waals surface area contributed by atoms with Gasteiger partial charge in [-0.15, -0.1) is 11.3 Å². The van der Waals surface area contributed by atoms with E-state index in [1.165, 1.54) is 23.1 Å². The Hall–Kier alpha value is -3.25. The van der Waals surface area contributed by atoms with Crippen molar-refractivity contribution in [3.05, 3.63) is 78.5 Å². The number of H-pyrrole nitrogens is 1. The first-order valence-electron chi connectivity index (χ1n) is 9.07. The Morgan fingerprint density at radius 1 is 1.04 bits per heavy atom. The van der Waals surface area contributed by atoms with Gasteiger partial charge in [-0.3, -0.25) is 0 Å². The predicted octanol–water partition coefficient (Wildman–Crippen LogP) is 5.63. The second-order valence-corrected chi connectivity index (χ2v) is 7.64. The Morgan fingerprint density at radius 3 is 2.79 bits per heavy atom. The summed E-state index contributed by atoms with van der Waals surface area (Å²) in [7, 11) is 0. The van der Waals surface area contributed by atoms with Crippen LogP contribution in [0.25, 0.3) is 31.6 Å². The number of aromatic nitrogens is 3. The summed E-state index contributed by atoms with van der Waals surface area (Å²) in [5, 5.41) is 4.71. The molecule has 4 nitrogen and oxygen atoms in total. The highest BCUT2D eigenvalue weighted by Crippen LogP contribution is 2.35. The monoisotopic (exact) mass is 388 g/mol. The molecule has 5 rings (SSSR count). The number of aromatic amines is 1. The number of benzene rings is 2. The van der Waals surface area contributed by atoms with Crippen LogP contribution < -0.4 is 5.32 Å². The predicted molar refractivity (Wildman–Crippen MR) is 113 cm³/mol. The van der Waals surface area contributed by atoms with E-state index in [-0.39, 0.29) is 5.82 Å². The summed E-state index contributed by atoms with van der Waals surface area (Å²) in [4.78, 5) is 13.2. The zero-order valence-corrected chi connectivity index (χ0v) is 15.8. The Morgan fingerprint density at radius 2 is 1.89 bits per heavy atom. The van der Waals surface area contributed by atoms with Crippen molar-refractivity contribution in [3.63, 3.8) is 0 Å². The van der Waals surface area contributed by atoms with Gasteiger partial charge in [0, 0.05) is 28.5 Å². The molecule has 0 spiro atoms. The fourth-order valence-corrected chi connectivity index (χ4v) is 4.47. The van der Waals surface area contributed by atoms with Crippen LogP contribution in [0.2, 0.25) is 0 Å². The van der Waals surface area contributed by atoms with Crippen molar-refractivity contribution in [2.24, 2.45) is 0 Å². The van der Waals surface area contributed by atoms with Crippen LogP contribution in [0.4, 0.5) is 10.2 Å². The highest BCUT2D eigenvalue weighted by Gasteiger charge is 2.11. The molecule has 0 aliphatic heterocycles. The lowest BCUT2D eigenvalue weighted by Gasteiger charge is -2.05. The average Bonchev–Trinajstić information content (AvgIpc) is 3.33. The van der Waals surface area contributed by atoms with Crippen LogP contribution >= 0.6 is 11.3 Å². The summed E-state index contributed by atoms with van der Waals surface area (Å²) in [5.41, 5.74) is 4.32. The Kier molecular flexibility index (Phi) is 4.25. The number of hydrogen-bond acceptors (Lipinski definition) is 4. The molecule has 6 heteroatoms. The molecule has 0 unspecified atom stereocenters. The first kappa shape index (κ1) is 16.9. The molecule has 0 aliphatic rings. The van der Waals surface area contributed by atoms with E-state index in [4.69, 9.17) is 0 Å². The topological polar surface area (TPSA) is 53.6 Å². The van der Waals surface area contributed by atoms with Crippen molar-refractivity contribution in [2.45, 2.75) is 6.42 Å². The van der Waals surface area contributed by atoms with Crippen LogP contribution in [0.1, 0.15) is 5.56 Å². The molecule has 0 saturated heterocycles. The summed E-state index contributed by atoms with van der Waals surface area (Å²) in [6, 6.07) is 16.9. The van der Waals surface area contributed by atoms with Crippen LogP contribution in [-0.4, -0.2) is 21.5 Å². The van der Waals surface area contributed by atoms with Gasteiger partial charge in [0.25, 0.3) is 0 Å².